The molecule has 2 aromatic heterocycles. The molecule has 0 fully saturated rings. The summed E-state index contributed by atoms with van der Waals surface area (Å²) in [6, 6.07) is 31.1. The summed E-state index contributed by atoms with van der Waals surface area (Å²) < 4.78 is 7.02. The van der Waals surface area contributed by atoms with Crippen molar-refractivity contribution in [2.75, 3.05) is 6.61 Å². The SMILES string of the molecule is CCOC(=O)c1cc(C(=O)c2cccc3ccccc23)n2cnc(-c3cccc4ccccc34)cc12. The summed E-state index contributed by atoms with van der Waals surface area (Å²) in [5.74, 6) is -0.654. The first kappa shape index (κ1) is 21.7. The molecule has 0 saturated carbocycles. The normalized spacial score (nSPS) is 11.2. The summed E-state index contributed by atoms with van der Waals surface area (Å²) >= 11 is 0. The number of ketones is 1. The summed E-state index contributed by atoms with van der Waals surface area (Å²) in [4.78, 5) is 31.4. The van der Waals surface area contributed by atoms with E-state index in [1.165, 1.54) is 0 Å². The molecular formula is C31H22N2O3. The van der Waals surface area contributed by atoms with Gasteiger partial charge in [-0.2, -0.15) is 0 Å². The van der Waals surface area contributed by atoms with E-state index >= 15 is 0 Å². The number of hydrogen-bond donors (Lipinski definition) is 0. The second-order valence-corrected chi connectivity index (χ2v) is 8.58. The highest BCUT2D eigenvalue weighted by molar-refractivity contribution is 6.17. The van der Waals surface area contributed by atoms with Crippen molar-refractivity contribution in [2.45, 2.75) is 6.92 Å². The fraction of sp³-hybridized carbons (Fsp3) is 0.0645. The summed E-state index contributed by atoms with van der Waals surface area (Å²) in [5.41, 5.74) is 3.52. The van der Waals surface area contributed by atoms with Gasteiger partial charge in [0, 0.05) is 11.1 Å². The quantitative estimate of drug-likeness (QED) is 0.207. The topological polar surface area (TPSA) is 60.7 Å². The third-order valence-corrected chi connectivity index (χ3v) is 6.49. The van der Waals surface area contributed by atoms with Crippen LogP contribution in [0.25, 0.3) is 38.3 Å². The van der Waals surface area contributed by atoms with Crippen molar-refractivity contribution in [3.05, 3.63) is 120 Å². The molecule has 0 saturated heterocycles. The number of hydrogen-bond acceptors (Lipinski definition) is 4. The van der Waals surface area contributed by atoms with Crippen LogP contribution in [0, 0.1) is 0 Å². The van der Waals surface area contributed by atoms with Crippen LogP contribution in [0.5, 0.6) is 0 Å². The molecule has 6 rings (SSSR count). The van der Waals surface area contributed by atoms with Crippen LogP contribution in [0.4, 0.5) is 0 Å². The molecule has 0 aliphatic rings. The van der Waals surface area contributed by atoms with Gasteiger partial charge in [0.15, 0.2) is 0 Å². The second kappa shape index (κ2) is 8.78. The fourth-order valence-electron chi connectivity index (χ4n) is 4.80. The molecule has 0 radical (unpaired) electrons. The third kappa shape index (κ3) is 3.53. The number of fused-ring (bicyclic) bond motifs is 3. The van der Waals surface area contributed by atoms with Crippen molar-refractivity contribution in [3.8, 4) is 11.3 Å². The standard InChI is InChI=1S/C31H22N2O3/c1-2-36-31(35)26-17-29(30(34)25-16-8-12-21-10-4-6-14-23(21)25)33-19-32-27(18-28(26)33)24-15-7-11-20-9-3-5-13-22(20)24/h3-19H,2H2,1H3. The van der Waals surface area contributed by atoms with E-state index < -0.39 is 5.97 Å². The van der Waals surface area contributed by atoms with Gasteiger partial charge in [0.25, 0.3) is 0 Å². The minimum absolute atomic E-state index is 0.183. The molecular weight excluding hydrogens is 448 g/mol. The first-order chi connectivity index (χ1) is 17.7. The van der Waals surface area contributed by atoms with Crippen molar-refractivity contribution in [3.63, 3.8) is 0 Å². The first-order valence-electron chi connectivity index (χ1n) is 11.8. The average Bonchev–Trinajstić information content (AvgIpc) is 3.31. The maximum atomic E-state index is 13.8. The zero-order chi connectivity index (χ0) is 24.6. The van der Waals surface area contributed by atoms with Crippen molar-refractivity contribution in [2.24, 2.45) is 0 Å². The molecule has 0 atom stereocenters. The van der Waals surface area contributed by atoms with Gasteiger partial charge < -0.3 is 4.74 Å². The average molecular weight is 471 g/mol. The summed E-state index contributed by atoms with van der Waals surface area (Å²) in [6.07, 6.45) is 1.62. The van der Waals surface area contributed by atoms with Gasteiger partial charge in [0.2, 0.25) is 5.78 Å². The van der Waals surface area contributed by atoms with E-state index in [9.17, 15) is 9.59 Å². The lowest BCUT2D eigenvalue weighted by atomic mass is 10.00. The highest BCUT2D eigenvalue weighted by Crippen LogP contribution is 2.30. The number of ether oxygens (including phenoxy) is 1. The Kier molecular flexibility index (Phi) is 5.30. The Labute approximate surface area is 207 Å². The Morgan fingerprint density at radius 3 is 2.22 bits per heavy atom. The van der Waals surface area contributed by atoms with Crippen LogP contribution in [0.1, 0.15) is 33.3 Å². The first-order valence-corrected chi connectivity index (χ1v) is 11.8. The molecule has 0 bridgehead atoms. The van der Waals surface area contributed by atoms with Crippen LogP contribution < -0.4 is 0 Å². The number of rotatable bonds is 5. The van der Waals surface area contributed by atoms with E-state index in [1.54, 1.807) is 23.7 Å². The largest absolute Gasteiger partial charge is 0.462 e. The zero-order valence-electron chi connectivity index (χ0n) is 19.6. The van der Waals surface area contributed by atoms with Crippen LogP contribution in [0.15, 0.2) is 103 Å². The number of benzene rings is 4. The number of nitrogens with zero attached hydrogens (tertiary/aromatic N) is 2. The minimum atomic E-state index is -0.470. The fourth-order valence-corrected chi connectivity index (χ4v) is 4.80. The van der Waals surface area contributed by atoms with Crippen LogP contribution in [0.3, 0.4) is 0 Å². The molecule has 0 amide bonds. The van der Waals surface area contributed by atoms with E-state index in [-0.39, 0.29) is 12.4 Å². The van der Waals surface area contributed by atoms with Crippen LogP contribution in [-0.4, -0.2) is 27.7 Å². The lowest BCUT2D eigenvalue weighted by molar-refractivity contribution is 0.0529. The van der Waals surface area contributed by atoms with Crippen LogP contribution in [-0.2, 0) is 4.74 Å². The smallest absolute Gasteiger partial charge is 0.340 e. The molecule has 0 aliphatic carbocycles. The Balaban J connectivity index is 1.56. The predicted octanol–water partition coefficient (Wildman–Crippen LogP) is 6.72. The number of aromatic nitrogens is 2. The Hall–Kier alpha value is -4.77. The number of esters is 1. The van der Waals surface area contributed by atoms with E-state index in [0.29, 0.717) is 28.0 Å². The summed E-state index contributed by atoms with van der Waals surface area (Å²) in [6.45, 7) is 2.01. The molecule has 5 nitrogen and oxygen atoms in total. The molecule has 5 heteroatoms. The highest BCUT2D eigenvalue weighted by atomic mass is 16.5. The lowest BCUT2D eigenvalue weighted by Crippen LogP contribution is -2.06. The monoisotopic (exact) mass is 470 g/mol. The van der Waals surface area contributed by atoms with Gasteiger partial charge >= 0.3 is 5.97 Å². The summed E-state index contributed by atoms with van der Waals surface area (Å²) in [7, 11) is 0. The van der Waals surface area contributed by atoms with Gasteiger partial charge in [-0.15, -0.1) is 0 Å². The Morgan fingerprint density at radius 2 is 1.44 bits per heavy atom. The third-order valence-electron chi connectivity index (χ3n) is 6.49. The maximum Gasteiger partial charge on any atom is 0.340 e. The zero-order valence-corrected chi connectivity index (χ0v) is 19.6. The second-order valence-electron chi connectivity index (χ2n) is 8.58. The van der Waals surface area contributed by atoms with Gasteiger partial charge in [-0.3, -0.25) is 9.20 Å². The van der Waals surface area contributed by atoms with Gasteiger partial charge in [-0.05, 0) is 40.6 Å². The number of carbonyl (C=O) groups is 2. The van der Waals surface area contributed by atoms with Gasteiger partial charge in [0.1, 0.15) is 6.33 Å². The van der Waals surface area contributed by atoms with Crippen molar-refractivity contribution in [1.29, 1.82) is 0 Å². The Morgan fingerprint density at radius 1 is 0.778 bits per heavy atom. The van der Waals surface area contributed by atoms with Crippen LogP contribution in [0.2, 0.25) is 0 Å². The Bertz CT molecular complexity index is 1790. The molecule has 36 heavy (non-hydrogen) atoms. The molecule has 6 aromatic rings. The minimum Gasteiger partial charge on any atom is -0.462 e. The van der Waals surface area contributed by atoms with Gasteiger partial charge in [-0.1, -0.05) is 84.9 Å². The van der Waals surface area contributed by atoms with Crippen LogP contribution >= 0.6 is 0 Å². The van der Waals surface area contributed by atoms with E-state index in [1.807, 2.05) is 72.8 Å². The summed E-state index contributed by atoms with van der Waals surface area (Å²) in [5, 5.41) is 4.00. The molecule has 0 unspecified atom stereocenters. The molecule has 4 aromatic carbocycles. The lowest BCUT2D eigenvalue weighted by Gasteiger charge is -2.09. The highest BCUT2D eigenvalue weighted by Gasteiger charge is 2.23. The molecule has 0 aliphatic heterocycles. The van der Waals surface area contributed by atoms with E-state index in [4.69, 9.17) is 9.72 Å². The van der Waals surface area contributed by atoms with Crippen molar-refractivity contribution < 1.29 is 14.3 Å². The predicted molar refractivity (Wildman–Crippen MR) is 141 cm³/mol. The van der Waals surface area contributed by atoms with Gasteiger partial charge in [-0.25, -0.2) is 9.78 Å². The van der Waals surface area contributed by atoms with E-state index in [2.05, 4.69) is 18.2 Å². The molecule has 174 valence electrons. The van der Waals surface area contributed by atoms with Gasteiger partial charge in [0.05, 0.1) is 29.1 Å². The van der Waals surface area contributed by atoms with Crippen molar-refractivity contribution >= 4 is 38.8 Å². The maximum absolute atomic E-state index is 13.8. The molecule has 0 spiro atoms. The molecule has 2 heterocycles. The van der Waals surface area contributed by atoms with E-state index in [0.717, 1.165) is 27.1 Å². The molecule has 0 N–H and O–H groups in total. The number of carbonyl (C=O) groups excluding carboxylic acids is 2. The van der Waals surface area contributed by atoms with Crippen molar-refractivity contribution in [1.82, 2.24) is 9.38 Å².